The van der Waals surface area contributed by atoms with Crippen molar-refractivity contribution in [3.05, 3.63) is 35.2 Å². The average Bonchev–Trinajstić information content (AvgIpc) is 2.60. The first-order valence-corrected chi connectivity index (χ1v) is 5.02. The summed E-state index contributed by atoms with van der Waals surface area (Å²) in [5.74, 6) is 0.0174. The molecule has 2 N–H and O–H groups in total. The zero-order chi connectivity index (χ0) is 10.8. The fourth-order valence-corrected chi connectivity index (χ4v) is 2.02. The molecule has 2 rings (SSSR count). The first-order chi connectivity index (χ1) is 7.26. The van der Waals surface area contributed by atoms with Gasteiger partial charge in [0.1, 0.15) is 0 Å². The van der Waals surface area contributed by atoms with E-state index in [2.05, 4.69) is 0 Å². The number of halogens is 1. The van der Waals surface area contributed by atoms with Gasteiger partial charge in [-0.05, 0) is 41.7 Å². The molecule has 80 valence electrons. The molecule has 1 aromatic carbocycles. The standard InChI is InChI=1S/C12H14FNO/c1-15-12-7-10-8(4-5-14)2-3-9(10)6-11(12)13/h4,6-7H,2-3,5,14H2,1H3/b8-4-. The van der Waals surface area contributed by atoms with Gasteiger partial charge in [0.2, 0.25) is 0 Å². The third-order valence-corrected chi connectivity index (χ3v) is 2.75. The minimum Gasteiger partial charge on any atom is -0.494 e. The molecule has 0 bridgehead atoms. The number of benzene rings is 1. The van der Waals surface area contributed by atoms with Crippen LogP contribution < -0.4 is 10.5 Å². The van der Waals surface area contributed by atoms with Crippen LogP contribution in [0.4, 0.5) is 4.39 Å². The minimum absolute atomic E-state index is 0.287. The molecule has 1 aromatic rings. The highest BCUT2D eigenvalue weighted by Gasteiger charge is 2.18. The Kier molecular flexibility index (Phi) is 2.73. The van der Waals surface area contributed by atoms with E-state index < -0.39 is 0 Å². The molecule has 0 heterocycles. The molecule has 0 radical (unpaired) electrons. The molecule has 0 aliphatic heterocycles. The van der Waals surface area contributed by atoms with Crippen LogP contribution in [-0.2, 0) is 6.42 Å². The fraction of sp³-hybridized carbons (Fsp3) is 0.333. The van der Waals surface area contributed by atoms with Gasteiger partial charge in [0.05, 0.1) is 7.11 Å². The summed E-state index contributed by atoms with van der Waals surface area (Å²) in [5.41, 5.74) is 8.82. The molecular formula is C12H14FNO. The molecular weight excluding hydrogens is 193 g/mol. The van der Waals surface area contributed by atoms with Crippen molar-refractivity contribution < 1.29 is 9.13 Å². The second kappa shape index (κ2) is 4.03. The van der Waals surface area contributed by atoms with Crippen LogP contribution in [0.15, 0.2) is 18.2 Å². The maximum atomic E-state index is 13.4. The molecule has 0 amide bonds. The van der Waals surface area contributed by atoms with Gasteiger partial charge >= 0.3 is 0 Å². The van der Waals surface area contributed by atoms with E-state index in [-0.39, 0.29) is 5.82 Å². The predicted molar refractivity (Wildman–Crippen MR) is 58.3 cm³/mol. The number of rotatable bonds is 2. The number of aryl methyl sites for hydroxylation is 1. The number of allylic oxidation sites excluding steroid dienone is 1. The number of hydrogen-bond acceptors (Lipinski definition) is 2. The third-order valence-electron chi connectivity index (χ3n) is 2.75. The van der Waals surface area contributed by atoms with Gasteiger partial charge in [-0.15, -0.1) is 0 Å². The van der Waals surface area contributed by atoms with E-state index in [0.717, 1.165) is 24.0 Å². The summed E-state index contributed by atoms with van der Waals surface area (Å²) >= 11 is 0. The van der Waals surface area contributed by atoms with Gasteiger partial charge in [-0.25, -0.2) is 4.39 Å². The topological polar surface area (TPSA) is 35.2 Å². The number of hydrogen-bond donors (Lipinski definition) is 1. The quantitative estimate of drug-likeness (QED) is 0.806. The lowest BCUT2D eigenvalue weighted by Gasteiger charge is -2.06. The highest BCUT2D eigenvalue weighted by molar-refractivity contribution is 5.73. The van der Waals surface area contributed by atoms with Crippen molar-refractivity contribution in [3.63, 3.8) is 0 Å². The zero-order valence-corrected chi connectivity index (χ0v) is 8.72. The molecule has 2 nitrogen and oxygen atoms in total. The normalized spacial score (nSPS) is 16.9. The summed E-state index contributed by atoms with van der Waals surface area (Å²) in [6.45, 7) is 0.522. The summed E-state index contributed by atoms with van der Waals surface area (Å²) < 4.78 is 18.4. The predicted octanol–water partition coefficient (Wildman–Crippen LogP) is 2.12. The van der Waals surface area contributed by atoms with Gasteiger partial charge in [-0.3, -0.25) is 0 Å². The Morgan fingerprint density at radius 3 is 2.93 bits per heavy atom. The molecule has 3 heteroatoms. The Balaban J connectivity index is 2.49. The maximum Gasteiger partial charge on any atom is 0.165 e. The van der Waals surface area contributed by atoms with Crippen LogP contribution in [0.2, 0.25) is 0 Å². The van der Waals surface area contributed by atoms with Gasteiger partial charge in [0.15, 0.2) is 11.6 Å². The first kappa shape index (κ1) is 10.2. The number of fused-ring (bicyclic) bond motifs is 1. The Morgan fingerprint density at radius 1 is 1.47 bits per heavy atom. The van der Waals surface area contributed by atoms with Crippen molar-refractivity contribution in [2.45, 2.75) is 12.8 Å². The van der Waals surface area contributed by atoms with E-state index in [9.17, 15) is 4.39 Å². The molecule has 0 spiro atoms. The highest BCUT2D eigenvalue weighted by Crippen LogP contribution is 2.35. The van der Waals surface area contributed by atoms with Gasteiger partial charge in [0, 0.05) is 6.54 Å². The van der Waals surface area contributed by atoms with Crippen LogP contribution >= 0.6 is 0 Å². The number of nitrogens with two attached hydrogens (primary N) is 1. The van der Waals surface area contributed by atoms with Gasteiger partial charge in [-0.2, -0.15) is 0 Å². The fourth-order valence-electron chi connectivity index (χ4n) is 2.02. The second-order valence-electron chi connectivity index (χ2n) is 3.61. The van der Waals surface area contributed by atoms with Crippen molar-refractivity contribution in [1.82, 2.24) is 0 Å². The summed E-state index contributed by atoms with van der Waals surface area (Å²) in [7, 11) is 1.48. The molecule has 0 saturated carbocycles. The van der Waals surface area contributed by atoms with Gasteiger partial charge in [-0.1, -0.05) is 6.08 Å². The average molecular weight is 207 g/mol. The Hall–Kier alpha value is -1.35. The first-order valence-electron chi connectivity index (χ1n) is 5.02. The summed E-state index contributed by atoms with van der Waals surface area (Å²) in [6, 6.07) is 3.32. The van der Waals surface area contributed by atoms with Gasteiger partial charge in [0.25, 0.3) is 0 Å². The van der Waals surface area contributed by atoms with Crippen LogP contribution in [0, 0.1) is 5.82 Å². The molecule has 0 unspecified atom stereocenters. The lowest BCUT2D eigenvalue weighted by Crippen LogP contribution is -1.95. The largest absolute Gasteiger partial charge is 0.494 e. The second-order valence-corrected chi connectivity index (χ2v) is 3.61. The summed E-state index contributed by atoms with van der Waals surface area (Å²) in [5, 5.41) is 0. The molecule has 0 aromatic heterocycles. The van der Waals surface area contributed by atoms with E-state index in [1.165, 1.54) is 12.7 Å². The Morgan fingerprint density at radius 2 is 2.27 bits per heavy atom. The summed E-state index contributed by atoms with van der Waals surface area (Å²) in [4.78, 5) is 0. The lowest BCUT2D eigenvalue weighted by molar-refractivity contribution is 0.386. The SMILES string of the molecule is COc1cc2c(cc1F)CC/C2=C/CN. The van der Waals surface area contributed by atoms with Crippen LogP contribution in [0.5, 0.6) is 5.75 Å². The number of ether oxygens (including phenoxy) is 1. The van der Waals surface area contributed by atoms with E-state index in [0.29, 0.717) is 12.3 Å². The monoisotopic (exact) mass is 207 g/mol. The minimum atomic E-state index is -0.287. The van der Waals surface area contributed by atoms with E-state index in [1.54, 1.807) is 12.1 Å². The summed E-state index contributed by atoms with van der Waals surface area (Å²) in [6.07, 6.45) is 3.82. The van der Waals surface area contributed by atoms with E-state index in [4.69, 9.17) is 10.5 Å². The zero-order valence-electron chi connectivity index (χ0n) is 8.72. The van der Waals surface area contributed by atoms with Gasteiger partial charge < -0.3 is 10.5 Å². The smallest absolute Gasteiger partial charge is 0.165 e. The molecule has 15 heavy (non-hydrogen) atoms. The third kappa shape index (κ3) is 1.75. The van der Waals surface area contributed by atoms with Crippen LogP contribution in [-0.4, -0.2) is 13.7 Å². The molecule has 0 atom stereocenters. The van der Waals surface area contributed by atoms with E-state index in [1.807, 2.05) is 6.08 Å². The Bertz CT molecular complexity index is 412. The van der Waals surface area contributed by atoms with Crippen molar-refractivity contribution in [2.24, 2.45) is 5.73 Å². The van der Waals surface area contributed by atoms with Crippen LogP contribution in [0.3, 0.4) is 0 Å². The lowest BCUT2D eigenvalue weighted by atomic mass is 10.1. The van der Waals surface area contributed by atoms with Crippen molar-refractivity contribution in [3.8, 4) is 5.75 Å². The van der Waals surface area contributed by atoms with Crippen LogP contribution in [0.1, 0.15) is 17.5 Å². The maximum absolute atomic E-state index is 13.4. The molecule has 0 saturated heterocycles. The highest BCUT2D eigenvalue weighted by atomic mass is 19.1. The van der Waals surface area contributed by atoms with Crippen molar-refractivity contribution >= 4 is 5.57 Å². The van der Waals surface area contributed by atoms with Crippen molar-refractivity contribution in [2.75, 3.05) is 13.7 Å². The van der Waals surface area contributed by atoms with Crippen LogP contribution in [0.25, 0.3) is 5.57 Å². The molecule has 1 aliphatic rings. The Labute approximate surface area is 88.5 Å². The molecule has 0 fully saturated rings. The number of methoxy groups -OCH3 is 1. The van der Waals surface area contributed by atoms with Crippen molar-refractivity contribution in [1.29, 1.82) is 0 Å². The molecule has 1 aliphatic carbocycles. The van der Waals surface area contributed by atoms with E-state index >= 15 is 0 Å².